The van der Waals surface area contributed by atoms with Crippen LogP contribution in [0.15, 0.2) is 36.4 Å². The van der Waals surface area contributed by atoms with Crippen molar-refractivity contribution < 1.29 is 19.6 Å². The zero-order valence-corrected chi connectivity index (χ0v) is 13.8. The van der Waals surface area contributed by atoms with Gasteiger partial charge >= 0.3 is 0 Å². The van der Waals surface area contributed by atoms with Crippen LogP contribution in [0, 0.1) is 10.1 Å². The Morgan fingerprint density at radius 1 is 1.25 bits per heavy atom. The van der Waals surface area contributed by atoms with Crippen molar-refractivity contribution in [1.82, 2.24) is 0 Å². The van der Waals surface area contributed by atoms with Gasteiger partial charge in [0.15, 0.2) is 17.3 Å². The molecule has 0 aromatic heterocycles. The van der Waals surface area contributed by atoms with Gasteiger partial charge in [-0.15, -0.1) is 0 Å². The summed E-state index contributed by atoms with van der Waals surface area (Å²) in [5.41, 5.74) is 0.302. The fraction of sp³-hybridized carbons (Fsp3) is 0.0625. The van der Waals surface area contributed by atoms with E-state index in [9.17, 15) is 20.0 Å². The molecule has 0 amide bonds. The first kappa shape index (κ1) is 17.8. The summed E-state index contributed by atoms with van der Waals surface area (Å²) < 4.78 is 4.97. The average molecular weight is 368 g/mol. The monoisotopic (exact) mass is 367 g/mol. The summed E-state index contributed by atoms with van der Waals surface area (Å²) in [5, 5.41) is 20.5. The predicted octanol–water partition coefficient (Wildman–Crippen LogP) is 4.51. The van der Waals surface area contributed by atoms with E-state index in [2.05, 4.69) is 0 Å². The van der Waals surface area contributed by atoms with Gasteiger partial charge in [0.1, 0.15) is 5.02 Å². The van der Waals surface area contributed by atoms with Crippen molar-refractivity contribution >= 4 is 40.7 Å². The number of rotatable bonds is 5. The maximum absolute atomic E-state index is 12.1. The molecule has 124 valence electrons. The van der Waals surface area contributed by atoms with Crippen LogP contribution >= 0.6 is 23.2 Å². The van der Waals surface area contributed by atoms with Gasteiger partial charge in [-0.05, 0) is 35.9 Å². The Balaban J connectivity index is 2.30. The van der Waals surface area contributed by atoms with Crippen LogP contribution in [0.2, 0.25) is 10.0 Å². The van der Waals surface area contributed by atoms with Crippen LogP contribution in [0.1, 0.15) is 15.9 Å². The zero-order chi connectivity index (χ0) is 17.9. The summed E-state index contributed by atoms with van der Waals surface area (Å²) in [4.78, 5) is 22.3. The van der Waals surface area contributed by atoms with E-state index in [0.29, 0.717) is 5.56 Å². The van der Waals surface area contributed by atoms with Gasteiger partial charge in [-0.1, -0.05) is 29.3 Å². The first-order chi connectivity index (χ1) is 11.3. The van der Waals surface area contributed by atoms with Gasteiger partial charge in [0.25, 0.3) is 5.69 Å². The van der Waals surface area contributed by atoms with Crippen molar-refractivity contribution in [3.63, 3.8) is 0 Å². The number of aromatic hydroxyl groups is 1. The van der Waals surface area contributed by atoms with Gasteiger partial charge in [-0.25, -0.2) is 0 Å². The van der Waals surface area contributed by atoms with Crippen LogP contribution in [0.3, 0.4) is 0 Å². The zero-order valence-electron chi connectivity index (χ0n) is 12.3. The topological polar surface area (TPSA) is 89.7 Å². The molecule has 0 aliphatic rings. The van der Waals surface area contributed by atoms with Crippen LogP contribution in [0.4, 0.5) is 5.69 Å². The van der Waals surface area contributed by atoms with E-state index in [1.807, 2.05) is 0 Å². The molecule has 0 saturated heterocycles. The number of ether oxygens (including phenoxy) is 1. The van der Waals surface area contributed by atoms with Crippen molar-refractivity contribution in [2.75, 3.05) is 7.11 Å². The van der Waals surface area contributed by atoms with Crippen molar-refractivity contribution in [2.24, 2.45) is 0 Å². The molecule has 2 aromatic rings. The van der Waals surface area contributed by atoms with Gasteiger partial charge in [-0.2, -0.15) is 0 Å². The normalized spacial score (nSPS) is 10.8. The third kappa shape index (κ3) is 3.84. The molecule has 0 aliphatic heterocycles. The quantitative estimate of drug-likeness (QED) is 0.363. The second-order valence-electron chi connectivity index (χ2n) is 4.67. The maximum atomic E-state index is 12.1. The number of carbonyl (C=O) groups is 1. The van der Waals surface area contributed by atoms with E-state index in [-0.39, 0.29) is 32.8 Å². The number of allylic oxidation sites excluding steroid dienone is 1. The van der Waals surface area contributed by atoms with Crippen LogP contribution < -0.4 is 4.74 Å². The third-order valence-electron chi connectivity index (χ3n) is 3.13. The number of hydrogen-bond acceptors (Lipinski definition) is 5. The fourth-order valence-electron chi connectivity index (χ4n) is 1.92. The van der Waals surface area contributed by atoms with Crippen molar-refractivity contribution in [1.29, 1.82) is 0 Å². The van der Waals surface area contributed by atoms with Crippen LogP contribution in [-0.2, 0) is 0 Å². The Morgan fingerprint density at radius 2 is 1.96 bits per heavy atom. The lowest BCUT2D eigenvalue weighted by Gasteiger charge is -2.06. The molecule has 0 unspecified atom stereocenters. The van der Waals surface area contributed by atoms with Gasteiger partial charge < -0.3 is 9.84 Å². The lowest BCUT2D eigenvalue weighted by atomic mass is 10.1. The first-order valence-electron chi connectivity index (χ1n) is 6.56. The molecule has 0 fully saturated rings. The summed E-state index contributed by atoms with van der Waals surface area (Å²) in [6.45, 7) is 0. The number of benzene rings is 2. The van der Waals surface area contributed by atoms with Crippen molar-refractivity contribution in [3.05, 3.63) is 67.7 Å². The largest absolute Gasteiger partial charge is 0.503 e. The molecule has 24 heavy (non-hydrogen) atoms. The Labute approximate surface area is 147 Å². The average Bonchev–Trinajstić information content (AvgIpc) is 2.55. The minimum atomic E-state index is -0.659. The highest BCUT2D eigenvalue weighted by molar-refractivity contribution is 6.33. The van der Waals surface area contributed by atoms with E-state index in [1.165, 1.54) is 43.5 Å². The lowest BCUT2D eigenvalue weighted by Crippen LogP contribution is -1.97. The van der Waals surface area contributed by atoms with Gasteiger partial charge in [0.2, 0.25) is 0 Å². The molecule has 0 saturated carbocycles. The Morgan fingerprint density at radius 3 is 2.58 bits per heavy atom. The molecule has 0 aliphatic carbocycles. The molecule has 2 rings (SSSR count). The number of halogens is 2. The highest BCUT2D eigenvalue weighted by Gasteiger charge is 2.15. The fourth-order valence-corrected chi connectivity index (χ4v) is 2.33. The number of phenols is 1. The van der Waals surface area contributed by atoms with E-state index in [1.54, 1.807) is 0 Å². The molecule has 0 radical (unpaired) electrons. The highest BCUT2D eigenvalue weighted by Crippen LogP contribution is 2.35. The molecule has 0 spiro atoms. The second-order valence-corrected chi connectivity index (χ2v) is 5.49. The minimum Gasteiger partial charge on any atom is -0.503 e. The summed E-state index contributed by atoms with van der Waals surface area (Å²) in [7, 11) is 1.37. The number of nitro groups is 1. The standard InChI is InChI=1S/C16H11Cl2NO5/c1-24-15-7-9(6-12(18)16(15)21)2-5-14(20)10-3-4-11(17)13(8-10)19(22)23/h2-8,21H,1H3/b5-2+. The van der Waals surface area contributed by atoms with E-state index in [0.717, 1.165) is 6.07 Å². The molecule has 8 heteroatoms. The Bertz CT molecular complexity index is 849. The van der Waals surface area contributed by atoms with Gasteiger partial charge in [-0.3, -0.25) is 14.9 Å². The second kappa shape index (κ2) is 7.33. The number of nitrogens with zero attached hydrogens (tertiary/aromatic N) is 1. The predicted molar refractivity (Wildman–Crippen MR) is 91.1 cm³/mol. The van der Waals surface area contributed by atoms with Gasteiger partial charge in [0.05, 0.1) is 17.1 Å². The minimum absolute atomic E-state index is 0.0458. The van der Waals surface area contributed by atoms with Crippen LogP contribution in [-0.4, -0.2) is 22.9 Å². The molecule has 0 bridgehead atoms. The molecule has 1 N–H and O–H groups in total. The number of methoxy groups -OCH3 is 1. The maximum Gasteiger partial charge on any atom is 0.288 e. The molecular weight excluding hydrogens is 357 g/mol. The molecule has 0 atom stereocenters. The number of phenolic OH excluding ortho intramolecular Hbond substituents is 1. The highest BCUT2D eigenvalue weighted by atomic mass is 35.5. The van der Waals surface area contributed by atoms with Gasteiger partial charge in [0, 0.05) is 11.6 Å². The summed E-state index contributed by atoms with van der Waals surface area (Å²) in [6.07, 6.45) is 2.69. The number of ketones is 1. The van der Waals surface area contributed by atoms with Crippen LogP contribution in [0.25, 0.3) is 6.08 Å². The molecular formula is C16H11Cl2NO5. The SMILES string of the molecule is COc1cc(/C=C/C(=O)c2ccc(Cl)c([N+](=O)[O-])c2)cc(Cl)c1O. The lowest BCUT2D eigenvalue weighted by molar-refractivity contribution is -0.384. The number of hydrogen-bond donors (Lipinski definition) is 1. The van der Waals surface area contributed by atoms with E-state index >= 15 is 0 Å². The number of nitro benzene ring substituents is 1. The van der Waals surface area contributed by atoms with E-state index in [4.69, 9.17) is 27.9 Å². The van der Waals surface area contributed by atoms with Crippen LogP contribution in [0.5, 0.6) is 11.5 Å². The third-order valence-corrected chi connectivity index (χ3v) is 3.73. The first-order valence-corrected chi connectivity index (χ1v) is 7.32. The molecule has 6 nitrogen and oxygen atoms in total. The summed E-state index contributed by atoms with van der Waals surface area (Å²) >= 11 is 11.6. The number of carbonyl (C=O) groups excluding carboxylic acids is 1. The molecule has 0 heterocycles. The van der Waals surface area contributed by atoms with Crippen molar-refractivity contribution in [3.8, 4) is 11.5 Å². The Hall–Kier alpha value is -2.57. The Kier molecular flexibility index (Phi) is 5.43. The van der Waals surface area contributed by atoms with Crippen molar-refractivity contribution in [2.45, 2.75) is 0 Å². The summed E-state index contributed by atoms with van der Waals surface area (Å²) in [6, 6.07) is 6.75. The van der Waals surface area contributed by atoms with E-state index < -0.39 is 10.7 Å². The molecule has 2 aromatic carbocycles. The summed E-state index contributed by atoms with van der Waals surface area (Å²) in [5.74, 6) is -0.481. The smallest absolute Gasteiger partial charge is 0.288 e.